The summed E-state index contributed by atoms with van der Waals surface area (Å²) >= 11 is 0. The molecule has 1 aromatic carbocycles. The number of para-hydroxylation sites is 1. The number of methoxy groups -OCH3 is 1. The van der Waals surface area contributed by atoms with Gasteiger partial charge in [0.1, 0.15) is 5.69 Å². The number of nitrogens with zero attached hydrogens (tertiary/aromatic N) is 6. The highest BCUT2D eigenvalue weighted by Crippen LogP contribution is 2.38. The van der Waals surface area contributed by atoms with Gasteiger partial charge in [-0.05, 0) is 31.0 Å². The SMILES string of the molecule is [B]C(O)(O)NC(=O)c1nnc(NC(=O)C2CC2)cc1Nc1cccc(-c2cc(C(=O)N3CCN(C=O)CC3)n(C)n2)c1OC. The monoisotopic (exact) mass is 603 g/mol. The van der Waals surface area contributed by atoms with Crippen molar-refractivity contribution in [2.45, 2.75) is 18.7 Å². The van der Waals surface area contributed by atoms with Crippen LogP contribution in [-0.4, -0.2) is 111 Å². The van der Waals surface area contributed by atoms with Crippen LogP contribution in [0.25, 0.3) is 11.3 Å². The van der Waals surface area contributed by atoms with Gasteiger partial charge in [0.25, 0.3) is 11.8 Å². The number of hydrogen-bond donors (Lipinski definition) is 5. The van der Waals surface area contributed by atoms with Crippen LogP contribution < -0.4 is 20.7 Å². The number of rotatable bonds is 10. The first-order chi connectivity index (χ1) is 21.0. The summed E-state index contributed by atoms with van der Waals surface area (Å²) in [6, 6.07) is 8.09. The van der Waals surface area contributed by atoms with Crippen LogP contribution in [-0.2, 0) is 16.6 Å². The van der Waals surface area contributed by atoms with Crippen LogP contribution in [0.15, 0.2) is 30.3 Å². The Morgan fingerprint density at radius 3 is 2.45 bits per heavy atom. The summed E-state index contributed by atoms with van der Waals surface area (Å²) < 4.78 is 7.19. The van der Waals surface area contributed by atoms with Crippen molar-refractivity contribution in [1.82, 2.24) is 35.1 Å². The van der Waals surface area contributed by atoms with Crippen molar-refractivity contribution < 1.29 is 34.1 Å². The Bertz CT molecular complexity index is 1590. The van der Waals surface area contributed by atoms with Crippen LogP contribution in [0.2, 0.25) is 0 Å². The quantitative estimate of drug-likeness (QED) is 0.112. The number of nitrogens with one attached hydrogen (secondary N) is 3. The minimum absolute atomic E-state index is 0.0367. The molecule has 4 amide bonds. The molecule has 16 nitrogen and oxygen atoms in total. The molecule has 1 saturated carbocycles. The summed E-state index contributed by atoms with van der Waals surface area (Å²) in [7, 11) is 8.21. The highest BCUT2D eigenvalue weighted by molar-refractivity contribution is 6.15. The molecule has 2 aromatic heterocycles. The highest BCUT2D eigenvalue weighted by atomic mass is 16.5. The molecule has 3 heterocycles. The summed E-state index contributed by atoms with van der Waals surface area (Å²) in [5.41, 5.74) is 1.31. The topological polar surface area (TPSA) is 204 Å². The fraction of sp³-hybridized carbons (Fsp3) is 0.370. The molecular formula is C27H30BN9O7. The second kappa shape index (κ2) is 12.3. The number of anilines is 3. The first kappa shape index (κ1) is 30.4. The van der Waals surface area contributed by atoms with Crippen LogP contribution >= 0.6 is 0 Å². The lowest BCUT2D eigenvalue weighted by atomic mass is 10.0. The van der Waals surface area contributed by atoms with E-state index in [0.717, 1.165) is 19.3 Å². The number of ether oxygens (including phenoxy) is 1. The van der Waals surface area contributed by atoms with Crippen molar-refractivity contribution in [1.29, 1.82) is 0 Å². The van der Waals surface area contributed by atoms with E-state index in [1.807, 2.05) is 0 Å². The molecule has 0 unspecified atom stereocenters. The van der Waals surface area contributed by atoms with E-state index in [9.17, 15) is 29.4 Å². The molecule has 228 valence electrons. The summed E-state index contributed by atoms with van der Waals surface area (Å²) in [4.78, 5) is 52.7. The maximum atomic E-state index is 13.3. The zero-order chi connectivity index (χ0) is 31.6. The van der Waals surface area contributed by atoms with E-state index in [2.05, 4.69) is 25.9 Å². The standard InChI is InChI=1S/C27H30BN9O7/c1-35-20(26(41)37-10-8-36(14-38)9-11-37)12-18(34-35)16-4-3-5-17(23(16)44-2)29-19-13-21(30-24(39)15-6-7-15)32-33-22(19)25(40)31-27(28,42)43/h3-5,12-15,42-43H,6-11H2,1-2H3,(H,31,40)(H2,29,30,32,39). The van der Waals surface area contributed by atoms with Crippen LogP contribution in [0.1, 0.15) is 33.8 Å². The summed E-state index contributed by atoms with van der Waals surface area (Å²) in [6.07, 6.45) is 2.29. The van der Waals surface area contributed by atoms with Crippen LogP contribution in [0, 0.1) is 5.92 Å². The number of aliphatic hydroxyl groups is 2. The Morgan fingerprint density at radius 1 is 1.09 bits per heavy atom. The van der Waals surface area contributed by atoms with Gasteiger partial charge in [0.05, 0.1) is 24.2 Å². The van der Waals surface area contributed by atoms with Gasteiger partial charge in [-0.15, -0.1) is 10.2 Å². The van der Waals surface area contributed by atoms with E-state index in [4.69, 9.17) is 12.6 Å². The zero-order valence-electron chi connectivity index (χ0n) is 24.0. The third kappa shape index (κ3) is 6.79. The Morgan fingerprint density at radius 2 is 1.82 bits per heavy atom. The molecule has 1 aliphatic carbocycles. The molecule has 5 N–H and O–H groups in total. The molecular weight excluding hydrogens is 573 g/mol. The van der Waals surface area contributed by atoms with Gasteiger partial charge in [-0.3, -0.25) is 23.9 Å². The molecule has 2 radical (unpaired) electrons. The van der Waals surface area contributed by atoms with Gasteiger partial charge >= 0.3 is 0 Å². The lowest BCUT2D eigenvalue weighted by Crippen LogP contribution is -2.49. The van der Waals surface area contributed by atoms with Crippen molar-refractivity contribution in [2.24, 2.45) is 13.0 Å². The maximum Gasteiger partial charge on any atom is 0.277 e. The second-order valence-corrected chi connectivity index (χ2v) is 10.4. The average molecular weight is 603 g/mol. The van der Waals surface area contributed by atoms with E-state index in [0.29, 0.717) is 54.6 Å². The van der Waals surface area contributed by atoms with E-state index in [1.54, 1.807) is 46.4 Å². The average Bonchev–Trinajstić information content (AvgIpc) is 3.77. The number of benzene rings is 1. The van der Waals surface area contributed by atoms with Gasteiger partial charge in [0.2, 0.25) is 12.3 Å². The Balaban J connectivity index is 1.46. The molecule has 0 spiro atoms. The smallest absolute Gasteiger partial charge is 0.277 e. The molecule has 17 heteroatoms. The Hall–Kier alpha value is -5.03. The molecule has 1 saturated heterocycles. The highest BCUT2D eigenvalue weighted by Gasteiger charge is 2.31. The first-order valence-corrected chi connectivity index (χ1v) is 13.7. The van der Waals surface area contributed by atoms with Crippen LogP contribution in [0.4, 0.5) is 17.2 Å². The van der Waals surface area contributed by atoms with Gasteiger partial charge in [-0.25, -0.2) is 0 Å². The third-order valence-electron chi connectivity index (χ3n) is 7.12. The molecule has 3 aromatic rings. The molecule has 2 aliphatic rings. The molecule has 44 heavy (non-hydrogen) atoms. The Labute approximate surface area is 252 Å². The van der Waals surface area contributed by atoms with Crippen LogP contribution in [0.5, 0.6) is 5.75 Å². The maximum absolute atomic E-state index is 13.3. The molecule has 1 aliphatic heterocycles. The summed E-state index contributed by atoms with van der Waals surface area (Å²) in [5, 5.41) is 38.8. The van der Waals surface area contributed by atoms with Gasteiger partial charge in [-0.1, -0.05) is 6.07 Å². The number of amides is 4. The minimum atomic E-state index is -3.03. The molecule has 0 bridgehead atoms. The number of carbonyl (C=O) groups excluding carboxylic acids is 4. The van der Waals surface area contributed by atoms with Gasteiger partial charge in [-0.2, -0.15) is 5.10 Å². The zero-order valence-corrected chi connectivity index (χ0v) is 24.0. The number of aryl methyl sites for hydroxylation is 1. The lowest BCUT2D eigenvalue weighted by Gasteiger charge is -2.32. The van der Waals surface area contributed by atoms with Gasteiger partial charge in [0.15, 0.2) is 30.9 Å². The minimum Gasteiger partial charge on any atom is -0.494 e. The number of carbonyl (C=O) groups is 4. The fourth-order valence-corrected chi connectivity index (χ4v) is 4.71. The van der Waals surface area contributed by atoms with E-state index < -0.39 is 11.7 Å². The van der Waals surface area contributed by atoms with Crippen LogP contribution in [0.3, 0.4) is 0 Å². The lowest BCUT2D eigenvalue weighted by molar-refractivity contribution is -0.119. The predicted molar refractivity (Wildman–Crippen MR) is 156 cm³/mol. The third-order valence-corrected chi connectivity index (χ3v) is 7.12. The van der Waals surface area contributed by atoms with E-state index in [1.165, 1.54) is 17.9 Å². The molecule has 5 rings (SSSR count). The fourth-order valence-electron chi connectivity index (χ4n) is 4.71. The number of aromatic nitrogens is 4. The largest absolute Gasteiger partial charge is 0.494 e. The van der Waals surface area contributed by atoms with E-state index >= 15 is 0 Å². The summed E-state index contributed by atoms with van der Waals surface area (Å²) in [5.74, 6) is -4.32. The van der Waals surface area contributed by atoms with E-state index in [-0.39, 0.29) is 34.9 Å². The van der Waals surface area contributed by atoms with Gasteiger partial charge in [0, 0.05) is 50.8 Å². The number of piperazine rings is 1. The molecule has 0 atom stereocenters. The molecule has 2 fully saturated rings. The number of hydrogen-bond acceptors (Lipinski definition) is 11. The van der Waals surface area contributed by atoms with Gasteiger partial charge < -0.3 is 40.7 Å². The summed E-state index contributed by atoms with van der Waals surface area (Å²) in [6.45, 7) is 1.69. The second-order valence-electron chi connectivity index (χ2n) is 10.4. The van der Waals surface area contributed by atoms with Crippen molar-refractivity contribution in [3.8, 4) is 17.0 Å². The first-order valence-electron chi connectivity index (χ1n) is 13.7. The van der Waals surface area contributed by atoms with Crippen molar-refractivity contribution >= 4 is 49.2 Å². The normalized spacial score (nSPS) is 15.0. The van der Waals surface area contributed by atoms with Crippen molar-refractivity contribution in [3.63, 3.8) is 0 Å². The van der Waals surface area contributed by atoms with Crippen molar-refractivity contribution in [2.75, 3.05) is 43.9 Å². The predicted octanol–water partition coefficient (Wildman–Crippen LogP) is -0.614. The van der Waals surface area contributed by atoms with Crippen molar-refractivity contribution in [3.05, 3.63) is 41.7 Å². The Kier molecular flexibility index (Phi) is 8.51.